The number of hydrogen-bond acceptors (Lipinski definition) is 5. The first-order chi connectivity index (χ1) is 10.5. The van der Waals surface area contributed by atoms with Gasteiger partial charge in [0.15, 0.2) is 0 Å². The maximum Gasteiger partial charge on any atom is 0.259 e. The highest BCUT2D eigenvalue weighted by Gasteiger charge is 2.31. The highest BCUT2D eigenvalue weighted by Crippen LogP contribution is 2.20. The molecule has 0 spiro atoms. The molecule has 5 amide bonds. The number of benzene rings is 1. The topological polar surface area (TPSA) is 113 Å². The molecule has 112 valence electrons. The molecule has 1 aromatic carbocycles. The van der Waals surface area contributed by atoms with Gasteiger partial charge in [-0.3, -0.25) is 34.2 Å². The van der Waals surface area contributed by atoms with Crippen molar-refractivity contribution in [1.82, 2.24) is 10.2 Å². The molecule has 2 aliphatic rings. The number of amides is 5. The number of imide groups is 2. The zero-order valence-electron chi connectivity index (χ0n) is 11.3. The fourth-order valence-electron chi connectivity index (χ4n) is 2.39. The Balaban J connectivity index is 1.71. The molecule has 22 heavy (non-hydrogen) atoms. The van der Waals surface area contributed by atoms with Crippen LogP contribution in [0.3, 0.4) is 0 Å². The van der Waals surface area contributed by atoms with Crippen LogP contribution in [0.2, 0.25) is 0 Å². The van der Waals surface area contributed by atoms with Gasteiger partial charge in [-0.15, -0.1) is 0 Å². The van der Waals surface area contributed by atoms with Crippen LogP contribution in [0.25, 0.3) is 0 Å². The van der Waals surface area contributed by atoms with E-state index in [9.17, 15) is 24.0 Å². The van der Waals surface area contributed by atoms with E-state index in [2.05, 4.69) is 10.6 Å². The Morgan fingerprint density at radius 2 is 1.68 bits per heavy atom. The van der Waals surface area contributed by atoms with Crippen molar-refractivity contribution in [3.63, 3.8) is 0 Å². The van der Waals surface area contributed by atoms with Gasteiger partial charge >= 0.3 is 0 Å². The van der Waals surface area contributed by atoms with Crippen molar-refractivity contribution in [2.75, 3.05) is 11.9 Å². The first-order valence-electron chi connectivity index (χ1n) is 6.58. The van der Waals surface area contributed by atoms with Crippen LogP contribution in [-0.4, -0.2) is 41.0 Å². The molecule has 8 nitrogen and oxygen atoms in total. The lowest BCUT2D eigenvalue weighted by molar-refractivity contribution is -0.141. The van der Waals surface area contributed by atoms with Crippen molar-refractivity contribution in [2.24, 2.45) is 0 Å². The van der Waals surface area contributed by atoms with Crippen LogP contribution >= 0.6 is 0 Å². The Morgan fingerprint density at radius 1 is 1.05 bits per heavy atom. The molecule has 0 unspecified atom stereocenters. The SMILES string of the molecule is O=C(CN1C(=O)CCC1=O)Nc1ccc2c(c1)C(=O)NC2=O. The molecule has 0 atom stereocenters. The Bertz CT molecular complexity index is 724. The third-order valence-electron chi connectivity index (χ3n) is 3.48. The van der Waals surface area contributed by atoms with Crippen LogP contribution < -0.4 is 10.6 Å². The standard InChI is InChI=1S/C14H11N3O5/c18-10(6-17-11(19)3-4-12(17)20)15-7-1-2-8-9(5-7)14(22)16-13(8)21/h1-2,5H,3-4,6H2,(H,15,18)(H,16,21,22). The summed E-state index contributed by atoms with van der Waals surface area (Å²) in [5.41, 5.74) is 0.733. The molecule has 0 aromatic heterocycles. The third kappa shape index (κ3) is 2.34. The van der Waals surface area contributed by atoms with Gasteiger partial charge in [0.25, 0.3) is 11.8 Å². The van der Waals surface area contributed by atoms with Gasteiger partial charge in [0.05, 0.1) is 11.1 Å². The maximum atomic E-state index is 11.9. The fraction of sp³-hybridized carbons (Fsp3) is 0.214. The molecule has 1 saturated heterocycles. The van der Waals surface area contributed by atoms with E-state index in [0.29, 0.717) is 5.69 Å². The Hall–Kier alpha value is -3.03. The van der Waals surface area contributed by atoms with Crippen LogP contribution in [0.15, 0.2) is 18.2 Å². The van der Waals surface area contributed by atoms with Gasteiger partial charge in [-0.05, 0) is 18.2 Å². The normalized spacial score (nSPS) is 16.8. The molecule has 3 rings (SSSR count). The van der Waals surface area contributed by atoms with E-state index in [1.165, 1.54) is 18.2 Å². The van der Waals surface area contributed by atoms with E-state index in [0.717, 1.165) is 4.90 Å². The Labute approximate surface area is 124 Å². The Morgan fingerprint density at radius 3 is 2.36 bits per heavy atom. The smallest absolute Gasteiger partial charge is 0.259 e. The van der Waals surface area contributed by atoms with Gasteiger partial charge in [-0.25, -0.2) is 0 Å². The number of nitrogens with zero attached hydrogens (tertiary/aromatic N) is 1. The predicted octanol–water partition coefficient (Wildman–Crippen LogP) is -0.342. The number of fused-ring (bicyclic) bond motifs is 1. The average Bonchev–Trinajstić information content (AvgIpc) is 2.93. The molecule has 2 aliphatic heterocycles. The average molecular weight is 301 g/mol. The highest BCUT2D eigenvalue weighted by atomic mass is 16.2. The second-order valence-electron chi connectivity index (χ2n) is 4.97. The number of likely N-dealkylation sites (tertiary alicyclic amines) is 1. The second-order valence-corrected chi connectivity index (χ2v) is 4.97. The van der Waals surface area contributed by atoms with E-state index in [1.54, 1.807) is 0 Å². The summed E-state index contributed by atoms with van der Waals surface area (Å²) in [6.07, 6.45) is 0.237. The quantitative estimate of drug-likeness (QED) is 0.741. The number of anilines is 1. The predicted molar refractivity (Wildman–Crippen MR) is 72.8 cm³/mol. The van der Waals surface area contributed by atoms with Gasteiger partial charge < -0.3 is 5.32 Å². The minimum Gasteiger partial charge on any atom is -0.325 e. The fourth-order valence-corrected chi connectivity index (χ4v) is 2.39. The molecule has 1 aromatic rings. The second kappa shape index (κ2) is 5.06. The maximum absolute atomic E-state index is 11.9. The summed E-state index contributed by atoms with van der Waals surface area (Å²) in [5.74, 6) is -2.31. The van der Waals surface area contributed by atoms with Crippen molar-refractivity contribution in [3.05, 3.63) is 29.3 Å². The summed E-state index contributed by atoms with van der Waals surface area (Å²) in [6, 6.07) is 4.28. The highest BCUT2D eigenvalue weighted by molar-refractivity contribution is 6.22. The summed E-state index contributed by atoms with van der Waals surface area (Å²) in [5, 5.41) is 4.64. The molecule has 8 heteroatoms. The first-order valence-corrected chi connectivity index (χ1v) is 6.58. The lowest BCUT2D eigenvalue weighted by Crippen LogP contribution is -2.36. The van der Waals surface area contributed by atoms with Crippen LogP contribution in [0.4, 0.5) is 5.69 Å². The molecule has 2 heterocycles. The van der Waals surface area contributed by atoms with Gasteiger partial charge in [0.2, 0.25) is 17.7 Å². The number of carbonyl (C=O) groups excluding carboxylic acids is 5. The van der Waals surface area contributed by atoms with Gasteiger partial charge in [0.1, 0.15) is 6.54 Å². The van der Waals surface area contributed by atoms with E-state index >= 15 is 0 Å². The minimum absolute atomic E-state index is 0.118. The van der Waals surface area contributed by atoms with Crippen molar-refractivity contribution in [2.45, 2.75) is 12.8 Å². The Kier molecular flexibility index (Phi) is 3.21. The van der Waals surface area contributed by atoms with Crippen molar-refractivity contribution >= 4 is 35.2 Å². The first kappa shape index (κ1) is 13.9. The molecule has 1 fully saturated rings. The van der Waals surface area contributed by atoms with E-state index < -0.39 is 17.7 Å². The lowest BCUT2D eigenvalue weighted by Gasteiger charge is -2.13. The molecule has 0 bridgehead atoms. The lowest BCUT2D eigenvalue weighted by atomic mass is 10.1. The van der Waals surface area contributed by atoms with E-state index in [4.69, 9.17) is 0 Å². The van der Waals surface area contributed by atoms with Gasteiger partial charge in [-0.1, -0.05) is 0 Å². The monoisotopic (exact) mass is 301 g/mol. The molecule has 2 N–H and O–H groups in total. The summed E-state index contributed by atoms with van der Waals surface area (Å²) in [7, 11) is 0. The zero-order chi connectivity index (χ0) is 15.9. The molecule has 0 radical (unpaired) electrons. The van der Waals surface area contributed by atoms with Crippen LogP contribution in [-0.2, 0) is 14.4 Å². The van der Waals surface area contributed by atoms with E-state index in [-0.39, 0.29) is 42.3 Å². The molecular formula is C14H11N3O5. The number of rotatable bonds is 3. The summed E-state index contributed by atoms with van der Waals surface area (Å²) < 4.78 is 0. The van der Waals surface area contributed by atoms with Crippen LogP contribution in [0.5, 0.6) is 0 Å². The summed E-state index contributed by atoms with van der Waals surface area (Å²) in [4.78, 5) is 58.6. The molecule has 0 saturated carbocycles. The molecular weight excluding hydrogens is 290 g/mol. The van der Waals surface area contributed by atoms with E-state index in [1.807, 2.05) is 0 Å². The summed E-state index contributed by atoms with van der Waals surface area (Å²) in [6.45, 7) is -0.361. The van der Waals surface area contributed by atoms with Crippen LogP contribution in [0, 0.1) is 0 Å². The van der Waals surface area contributed by atoms with Gasteiger partial charge in [-0.2, -0.15) is 0 Å². The van der Waals surface area contributed by atoms with Crippen molar-refractivity contribution < 1.29 is 24.0 Å². The largest absolute Gasteiger partial charge is 0.325 e. The van der Waals surface area contributed by atoms with Crippen LogP contribution in [0.1, 0.15) is 33.6 Å². The number of carbonyl (C=O) groups is 5. The minimum atomic E-state index is -0.548. The third-order valence-corrected chi connectivity index (χ3v) is 3.48. The van der Waals surface area contributed by atoms with Gasteiger partial charge in [0, 0.05) is 18.5 Å². The zero-order valence-corrected chi connectivity index (χ0v) is 11.3. The van der Waals surface area contributed by atoms with Crippen molar-refractivity contribution in [3.8, 4) is 0 Å². The summed E-state index contributed by atoms with van der Waals surface area (Å²) >= 11 is 0. The number of nitrogens with one attached hydrogen (secondary N) is 2. The van der Waals surface area contributed by atoms with Crippen molar-refractivity contribution in [1.29, 1.82) is 0 Å². The number of hydrogen-bond donors (Lipinski definition) is 2. The molecule has 0 aliphatic carbocycles.